The van der Waals surface area contributed by atoms with Crippen molar-refractivity contribution in [3.63, 3.8) is 0 Å². The highest BCUT2D eigenvalue weighted by Gasteiger charge is 2.09. The van der Waals surface area contributed by atoms with Gasteiger partial charge in [-0.3, -0.25) is 14.8 Å². The first-order valence-corrected chi connectivity index (χ1v) is 11.0. The molecule has 166 valence electrons. The second-order valence-corrected chi connectivity index (χ2v) is 8.04. The number of rotatable bonds is 8. The van der Waals surface area contributed by atoms with Crippen molar-refractivity contribution in [2.45, 2.75) is 33.4 Å². The first-order valence-electron chi connectivity index (χ1n) is 11.0. The number of pyridine rings is 2. The Morgan fingerprint density at radius 2 is 1.76 bits per heavy atom. The molecule has 33 heavy (non-hydrogen) atoms. The minimum Gasteiger partial charge on any atom is -0.489 e. The largest absolute Gasteiger partial charge is 0.489 e. The van der Waals surface area contributed by atoms with E-state index < -0.39 is 0 Å². The van der Waals surface area contributed by atoms with Crippen LogP contribution in [0.15, 0.2) is 85.3 Å². The number of aromatic nitrogens is 2. The van der Waals surface area contributed by atoms with Crippen molar-refractivity contribution < 1.29 is 9.53 Å². The third-order valence-electron chi connectivity index (χ3n) is 5.51. The average molecular weight is 438 g/mol. The standard InChI is InChI=1S/C28H27N3O2/c1-20-7-10-24(27(15-20)23-5-3-13-29-17-23)18-31-28(32)16-22-8-11-26(12-9-22)33-19-25-6-4-14-30-21(25)2/h3-15,17H,16,18-19H2,1-2H3,(H,31,32). The van der Waals surface area contributed by atoms with Crippen LogP contribution in [0.4, 0.5) is 0 Å². The second-order valence-electron chi connectivity index (χ2n) is 8.04. The lowest BCUT2D eigenvalue weighted by atomic mass is 9.98. The molecule has 4 aromatic rings. The summed E-state index contributed by atoms with van der Waals surface area (Å²) < 4.78 is 5.86. The number of hydrogen-bond donors (Lipinski definition) is 1. The molecule has 0 radical (unpaired) electrons. The van der Waals surface area contributed by atoms with E-state index in [0.29, 0.717) is 19.6 Å². The highest BCUT2D eigenvalue weighted by molar-refractivity contribution is 5.79. The molecule has 0 fully saturated rings. The molecule has 0 bridgehead atoms. The van der Waals surface area contributed by atoms with Gasteiger partial charge in [-0.15, -0.1) is 0 Å². The number of carbonyl (C=O) groups excluding carboxylic acids is 1. The van der Waals surface area contributed by atoms with Crippen molar-refractivity contribution in [3.05, 3.63) is 113 Å². The first kappa shape index (κ1) is 22.2. The quantitative estimate of drug-likeness (QED) is 0.412. The lowest BCUT2D eigenvalue weighted by Crippen LogP contribution is -2.24. The zero-order chi connectivity index (χ0) is 23.0. The first-order chi connectivity index (χ1) is 16.1. The van der Waals surface area contributed by atoms with Crippen LogP contribution in [-0.4, -0.2) is 15.9 Å². The Hall–Kier alpha value is -3.99. The molecular weight excluding hydrogens is 410 g/mol. The summed E-state index contributed by atoms with van der Waals surface area (Å²) >= 11 is 0. The lowest BCUT2D eigenvalue weighted by Gasteiger charge is -2.12. The fourth-order valence-electron chi connectivity index (χ4n) is 3.61. The van der Waals surface area contributed by atoms with E-state index in [1.54, 1.807) is 12.4 Å². The normalized spacial score (nSPS) is 10.6. The molecule has 2 aromatic carbocycles. The predicted octanol–water partition coefficient (Wildman–Crippen LogP) is 5.20. The van der Waals surface area contributed by atoms with E-state index in [4.69, 9.17) is 4.74 Å². The molecule has 0 aliphatic carbocycles. The van der Waals surface area contributed by atoms with Crippen LogP contribution in [-0.2, 0) is 24.4 Å². The predicted molar refractivity (Wildman–Crippen MR) is 130 cm³/mol. The van der Waals surface area contributed by atoms with Gasteiger partial charge in [0, 0.05) is 42.0 Å². The Labute approximate surface area is 194 Å². The third kappa shape index (κ3) is 6.04. The molecule has 0 saturated heterocycles. The Morgan fingerprint density at radius 3 is 2.52 bits per heavy atom. The second kappa shape index (κ2) is 10.6. The van der Waals surface area contributed by atoms with E-state index in [2.05, 4.69) is 40.4 Å². The summed E-state index contributed by atoms with van der Waals surface area (Å²) in [7, 11) is 0. The van der Waals surface area contributed by atoms with E-state index in [9.17, 15) is 4.79 Å². The van der Waals surface area contributed by atoms with Gasteiger partial charge in [-0.2, -0.15) is 0 Å². The van der Waals surface area contributed by atoms with Crippen LogP contribution >= 0.6 is 0 Å². The van der Waals surface area contributed by atoms with Gasteiger partial charge in [0.25, 0.3) is 0 Å². The number of benzene rings is 2. The molecule has 0 aliphatic heterocycles. The van der Waals surface area contributed by atoms with Gasteiger partial charge in [-0.1, -0.05) is 48.0 Å². The monoisotopic (exact) mass is 437 g/mol. The van der Waals surface area contributed by atoms with Crippen molar-refractivity contribution in [2.24, 2.45) is 0 Å². The minimum atomic E-state index is -0.0210. The maximum Gasteiger partial charge on any atom is 0.224 e. The molecule has 5 heteroatoms. The van der Waals surface area contributed by atoms with Crippen molar-refractivity contribution in [1.29, 1.82) is 0 Å². The van der Waals surface area contributed by atoms with Gasteiger partial charge in [-0.05, 0) is 54.8 Å². The molecule has 0 atom stereocenters. The van der Waals surface area contributed by atoms with Crippen LogP contribution in [0.1, 0.15) is 27.9 Å². The zero-order valence-electron chi connectivity index (χ0n) is 18.9. The van der Waals surface area contributed by atoms with Crippen molar-refractivity contribution in [3.8, 4) is 16.9 Å². The Bertz CT molecular complexity index is 1220. The van der Waals surface area contributed by atoms with E-state index in [-0.39, 0.29) is 5.91 Å². The maximum atomic E-state index is 12.6. The number of nitrogens with one attached hydrogen (secondary N) is 1. The Balaban J connectivity index is 1.33. The van der Waals surface area contributed by atoms with Gasteiger partial charge in [0.15, 0.2) is 0 Å². The Morgan fingerprint density at radius 1 is 0.939 bits per heavy atom. The van der Waals surface area contributed by atoms with Gasteiger partial charge < -0.3 is 10.1 Å². The molecule has 0 aliphatic rings. The van der Waals surface area contributed by atoms with Gasteiger partial charge in [0.1, 0.15) is 12.4 Å². The molecule has 1 amide bonds. The van der Waals surface area contributed by atoms with E-state index in [1.807, 2.05) is 61.7 Å². The van der Waals surface area contributed by atoms with Crippen molar-refractivity contribution in [1.82, 2.24) is 15.3 Å². The molecular formula is C28H27N3O2. The van der Waals surface area contributed by atoms with Crippen LogP contribution < -0.4 is 10.1 Å². The summed E-state index contributed by atoms with van der Waals surface area (Å²) in [6.07, 6.45) is 5.70. The van der Waals surface area contributed by atoms with Crippen LogP contribution in [0, 0.1) is 13.8 Å². The summed E-state index contributed by atoms with van der Waals surface area (Å²) in [6.45, 7) is 4.97. The number of ether oxygens (including phenoxy) is 1. The summed E-state index contributed by atoms with van der Waals surface area (Å²) in [5.41, 5.74) is 7.33. The van der Waals surface area contributed by atoms with Crippen LogP contribution in [0.3, 0.4) is 0 Å². The van der Waals surface area contributed by atoms with Gasteiger partial charge in [-0.25, -0.2) is 0 Å². The highest BCUT2D eigenvalue weighted by atomic mass is 16.5. The number of carbonyl (C=O) groups is 1. The van der Waals surface area contributed by atoms with Crippen LogP contribution in [0.25, 0.3) is 11.1 Å². The van der Waals surface area contributed by atoms with Gasteiger partial charge in [0.05, 0.1) is 6.42 Å². The summed E-state index contributed by atoms with van der Waals surface area (Å²) in [6, 6.07) is 21.8. The summed E-state index contributed by atoms with van der Waals surface area (Å²) in [5.74, 6) is 0.746. The smallest absolute Gasteiger partial charge is 0.224 e. The van der Waals surface area contributed by atoms with Crippen LogP contribution in [0.2, 0.25) is 0 Å². The average Bonchev–Trinajstić information content (AvgIpc) is 2.84. The molecule has 2 aromatic heterocycles. The number of amides is 1. The molecule has 5 nitrogen and oxygen atoms in total. The van der Waals surface area contributed by atoms with E-state index in [0.717, 1.165) is 39.3 Å². The van der Waals surface area contributed by atoms with Crippen LogP contribution in [0.5, 0.6) is 5.75 Å². The van der Waals surface area contributed by atoms with E-state index >= 15 is 0 Å². The fraction of sp³-hybridized carbons (Fsp3) is 0.179. The number of hydrogen-bond acceptors (Lipinski definition) is 4. The van der Waals surface area contributed by atoms with Gasteiger partial charge in [0.2, 0.25) is 5.91 Å². The van der Waals surface area contributed by atoms with Gasteiger partial charge >= 0.3 is 0 Å². The van der Waals surface area contributed by atoms with Crippen molar-refractivity contribution in [2.75, 3.05) is 0 Å². The highest BCUT2D eigenvalue weighted by Crippen LogP contribution is 2.24. The third-order valence-corrected chi connectivity index (χ3v) is 5.51. The number of nitrogens with zero attached hydrogens (tertiary/aromatic N) is 2. The fourth-order valence-corrected chi connectivity index (χ4v) is 3.61. The molecule has 4 rings (SSSR count). The molecule has 2 heterocycles. The number of aryl methyl sites for hydroxylation is 2. The maximum absolute atomic E-state index is 12.6. The molecule has 0 spiro atoms. The van der Waals surface area contributed by atoms with Crippen molar-refractivity contribution >= 4 is 5.91 Å². The molecule has 0 unspecified atom stereocenters. The molecule has 0 saturated carbocycles. The lowest BCUT2D eigenvalue weighted by molar-refractivity contribution is -0.120. The SMILES string of the molecule is Cc1ccc(CNC(=O)Cc2ccc(OCc3cccnc3C)cc2)c(-c2cccnc2)c1. The summed E-state index contributed by atoms with van der Waals surface area (Å²) in [4.78, 5) is 21.1. The topological polar surface area (TPSA) is 64.1 Å². The van der Waals surface area contributed by atoms with E-state index in [1.165, 1.54) is 5.56 Å². The Kier molecular flexibility index (Phi) is 7.10. The summed E-state index contributed by atoms with van der Waals surface area (Å²) in [5, 5.41) is 3.05. The minimum absolute atomic E-state index is 0.0210. The zero-order valence-corrected chi connectivity index (χ0v) is 18.9. The molecule has 1 N–H and O–H groups in total.